The van der Waals surface area contributed by atoms with Crippen LogP contribution in [0.5, 0.6) is 23.0 Å². The van der Waals surface area contributed by atoms with Crippen molar-refractivity contribution in [2.75, 3.05) is 31.9 Å². The largest absolute Gasteiger partial charge is 0.508 e. The number of phenolic OH excluding ortho intramolecular Hbond substituents is 4. The van der Waals surface area contributed by atoms with Gasteiger partial charge in [0.05, 0.1) is 130 Å². The molecule has 10 N–H and O–H groups in total. The summed E-state index contributed by atoms with van der Waals surface area (Å²) in [5.41, 5.74) is 12.8. The molecule has 4 atom stereocenters. The average Bonchev–Trinajstić information content (AvgIpc) is 1.50. The van der Waals surface area contributed by atoms with Gasteiger partial charge in [-0.25, -0.2) is 39.1 Å². The molecule has 0 aliphatic carbocycles. The number of aliphatic hydroxyl groups is 4. The Hall–Kier alpha value is -13.1. The Balaban J connectivity index is 0.000000115. The van der Waals surface area contributed by atoms with Crippen molar-refractivity contribution in [1.29, 1.82) is 0 Å². The van der Waals surface area contributed by atoms with Crippen LogP contribution in [0.15, 0.2) is 129 Å². The highest BCUT2D eigenvalue weighted by molar-refractivity contribution is 6.94. The van der Waals surface area contributed by atoms with E-state index < -0.39 is 54.4 Å². The predicted molar refractivity (Wildman–Crippen MR) is 494 cm³/mol. The van der Waals surface area contributed by atoms with Crippen LogP contribution in [-0.4, -0.2) is 153 Å². The smallest absolute Gasteiger partial charge is 0.343 e. The number of esters is 4. The molecule has 0 bridgehead atoms. The molecule has 2 fully saturated rings. The molecular weight excluding hydrogens is 1700 g/mol. The third kappa shape index (κ3) is 13.7. The minimum atomic E-state index is -2.15. The minimum Gasteiger partial charge on any atom is -0.508 e. The van der Waals surface area contributed by atoms with Crippen LogP contribution in [-0.2, 0) is 126 Å². The zero-order valence-electron chi connectivity index (χ0n) is 74.9. The molecule has 132 heavy (non-hydrogen) atoms. The molecule has 10 aliphatic rings. The number of rotatable bonds is 10. The number of cyclic esters (lactones) is 4. The Morgan fingerprint density at radius 1 is 0.447 bits per heavy atom. The maximum absolute atomic E-state index is 13.6. The second-order valence-corrected chi connectivity index (χ2v) is 43.0. The Morgan fingerprint density at radius 2 is 0.803 bits per heavy atom. The van der Waals surface area contributed by atoms with Crippen LogP contribution in [0.3, 0.4) is 0 Å². The van der Waals surface area contributed by atoms with E-state index in [-0.39, 0.29) is 126 Å². The predicted octanol–water partition coefficient (Wildman–Crippen LogP) is 10.6. The quantitative estimate of drug-likeness (QED) is 0.0153. The van der Waals surface area contributed by atoms with E-state index >= 15 is 0 Å². The molecule has 12 aromatic rings. The Bertz CT molecular complexity index is 7320. The van der Waals surface area contributed by atoms with Crippen LogP contribution in [0.1, 0.15) is 184 Å². The number of phenols is 4. The topological polar surface area (TPSA) is 439 Å². The van der Waals surface area contributed by atoms with Crippen molar-refractivity contribution in [3.63, 3.8) is 0 Å². The number of hydrogen-bond acceptors (Lipinski definition) is 27. The summed E-state index contributed by atoms with van der Waals surface area (Å²) in [5.74, 6) is -2.35. The highest BCUT2D eigenvalue weighted by atomic mass is 28.3. The standard InChI is InChI=1S/C31H36N4O5.C26H30N2O5Si.C23H20N2O5.C20H17N3O5/c1-2-31(39)24-15-26-28-19(16-35(26)29(37)23(24)18-40-30(31)38)14-21-22(27(36)7-6-25(21)32-28)17-33-12-8-20(9-13-33)34-10-4-3-5-11-34;1-7-26(32)18-11-20-21-16(12-28(20)23(30)17(18)13-33-24(26)31)22(34(5,6)25(2,3)4)15-10-14(29)8-9-19(15)27-21;1-3-5-13-14-8-12-10-25-18(20(12)24-17(14)6-7-19(13)26)9-16-15(21(25)27)11-30-22(28)23(16,29)4-2;1-2-20(27)12-6-14-17-9(5-10-13(22-17)3-4-15(24)16(10)21)7-23(14)18(25)11(12)8-28-19(20)26/h6-7,14-15,20,36,39H,2-5,8-13,16-18H2,1H3;8-11,29,32H,7,12-13H2,1-6H3;3,6-9,26,29H,1,4-5,10-11H2,2H3;3-6,24,27H,2,7-8,21H2,1H3/t31-;26-;23-;20-/m0000/s1. The number of fused-ring (bicyclic) bond motifs is 20. The van der Waals surface area contributed by atoms with Gasteiger partial charge in [0.25, 0.3) is 22.2 Å². The van der Waals surface area contributed by atoms with Gasteiger partial charge in [0.15, 0.2) is 22.4 Å². The van der Waals surface area contributed by atoms with Crippen molar-refractivity contribution in [3.8, 4) is 68.5 Å². The van der Waals surface area contributed by atoms with E-state index in [0.717, 1.165) is 86.5 Å². The molecule has 4 aromatic carbocycles. The van der Waals surface area contributed by atoms with E-state index in [2.05, 4.69) is 55.2 Å². The van der Waals surface area contributed by atoms with Crippen LogP contribution in [0.2, 0.25) is 18.1 Å². The molecule has 18 heterocycles. The van der Waals surface area contributed by atoms with Crippen molar-refractivity contribution in [3.05, 3.63) is 229 Å². The van der Waals surface area contributed by atoms with E-state index in [1.807, 2.05) is 24.3 Å². The fraction of sp³-hybridized carbons (Fsp3) is 0.380. The lowest BCUT2D eigenvalue weighted by atomic mass is 9.86. The first-order chi connectivity index (χ1) is 62.9. The van der Waals surface area contributed by atoms with Crippen molar-refractivity contribution >= 4 is 86.4 Å². The lowest BCUT2D eigenvalue weighted by Crippen LogP contribution is -2.51. The van der Waals surface area contributed by atoms with Gasteiger partial charge in [-0.3, -0.25) is 24.1 Å². The van der Waals surface area contributed by atoms with Crippen molar-refractivity contribution in [2.24, 2.45) is 0 Å². The van der Waals surface area contributed by atoms with Gasteiger partial charge >= 0.3 is 23.9 Å². The van der Waals surface area contributed by atoms with Crippen LogP contribution in [0, 0.1) is 0 Å². The number of hydrogen-bond donors (Lipinski definition) is 9. The first-order valence-corrected chi connectivity index (χ1v) is 48.0. The molecule has 0 amide bonds. The van der Waals surface area contributed by atoms with E-state index in [4.69, 9.17) is 39.6 Å². The molecule has 22 rings (SSSR count). The summed E-state index contributed by atoms with van der Waals surface area (Å²) in [5, 5.41) is 89.8. The Labute approximate surface area is 757 Å². The summed E-state index contributed by atoms with van der Waals surface area (Å²) in [6.07, 6.45) is 8.90. The number of likely N-dealkylation sites (tertiary alicyclic amines) is 2. The van der Waals surface area contributed by atoms with E-state index in [0.29, 0.717) is 134 Å². The number of nitrogens with two attached hydrogens (primary N) is 1. The fourth-order valence-corrected chi connectivity index (χ4v) is 23.5. The van der Waals surface area contributed by atoms with E-state index in [1.54, 1.807) is 119 Å². The van der Waals surface area contributed by atoms with Crippen LogP contribution in [0.4, 0.5) is 5.69 Å². The van der Waals surface area contributed by atoms with Gasteiger partial charge in [0, 0.05) is 84.2 Å². The molecular formula is C100H103N11O20Si. The number of ether oxygens (including phenoxy) is 4. The fourth-order valence-electron chi connectivity index (χ4n) is 20.9. The molecule has 10 aliphatic heterocycles. The molecule has 0 unspecified atom stereocenters. The number of benzene rings is 4. The highest BCUT2D eigenvalue weighted by Gasteiger charge is 2.51. The summed E-state index contributed by atoms with van der Waals surface area (Å²) in [6, 6.07) is 28.5. The average molecular weight is 1810 g/mol. The first kappa shape index (κ1) is 88.2. The Morgan fingerprint density at radius 3 is 1.21 bits per heavy atom. The maximum atomic E-state index is 13.6. The van der Waals surface area contributed by atoms with E-state index in [9.17, 15) is 79.2 Å². The van der Waals surface area contributed by atoms with Gasteiger partial charge in [-0.15, -0.1) is 6.58 Å². The highest BCUT2D eigenvalue weighted by Crippen LogP contribution is 2.48. The van der Waals surface area contributed by atoms with Crippen LogP contribution >= 0.6 is 0 Å². The van der Waals surface area contributed by atoms with Gasteiger partial charge in [-0.1, -0.05) is 74.1 Å². The number of nitrogen functional groups attached to an aromatic ring is 1. The van der Waals surface area contributed by atoms with Gasteiger partial charge in [0.1, 0.15) is 49.4 Å². The van der Waals surface area contributed by atoms with Crippen LogP contribution in [0.25, 0.3) is 89.2 Å². The number of pyridine rings is 8. The monoisotopic (exact) mass is 1810 g/mol. The lowest BCUT2D eigenvalue weighted by molar-refractivity contribution is -0.172. The van der Waals surface area contributed by atoms with Gasteiger partial charge in [-0.05, 0) is 197 Å². The maximum Gasteiger partial charge on any atom is 0.343 e. The number of aromatic nitrogens is 8. The summed E-state index contributed by atoms with van der Waals surface area (Å²) < 4.78 is 27.0. The molecule has 682 valence electrons. The van der Waals surface area contributed by atoms with Crippen molar-refractivity contribution in [2.45, 2.75) is 218 Å². The minimum absolute atomic E-state index is 0.00219. The molecule has 32 heteroatoms. The molecule has 0 saturated carbocycles. The second kappa shape index (κ2) is 32.1. The van der Waals surface area contributed by atoms with Gasteiger partial charge in [-0.2, -0.15) is 0 Å². The number of carbonyl (C=O) groups excluding carboxylic acids is 4. The molecule has 2 saturated heterocycles. The number of nitrogens with zero attached hydrogens (tertiary/aromatic N) is 10. The Kier molecular flexibility index (Phi) is 21.5. The molecule has 8 aromatic heterocycles. The zero-order chi connectivity index (χ0) is 93.4. The SMILES string of the molecule is C=CCc1c(O)ccc2nc3c(cc12)Cn1c-3cc2c(c1=O)COC(=O)[C@]2(O)CC.CC[C@@]1(O)C(=O)OCc2c1cc1n(c2=O)Cc2c-1nc1ccc(O)cc1c2[Si](C)(C)C(C)(C)C.CC[C@@]1(O)C(=O)OCc2c1cc1n(c2=O)Cc2cc3c(CN4CCC(N5CCCCC5)CC4)c(O)ccc3nc2-1.CC[C@@]1(O)C(=O)OCc2c1cc1n(c2=O)Cc2cc3c(N)c(O)ccc3nc2-1. The number of aromatic hydroxyl groups is 4. The summed E-state index contributed by atoms with van der Waals surface area (Å²) in [6.45, 7) is 27.6. The van der Waals surface area contributed by atoms with E-state index in [1.165, 1.54) is 43.6 Å². The summed E-state index contributed by atoms with van der Waals surface area (Å²) in [7, 11) is -2.15. The van der Waals surface area contributed by atoms with Crippen molar-refractivity contribution in [1.82, 2.24) is 48.0 Å². The van der Waals surface area contributed by atoms with Crippen LogP contribution < -0.4 is 33.2 Å². The van der Waals surface area contributed by atoms with Gasteiger partial charge < -0.3 is 88.7 Å². The molecule has 0 spiro atoms. The first-order valence-electron chi connectivity index (χ1n) is 45.0. The number of carbonyl (C=O) groups is 4. The number of allylic oxidation sites excluding steroid dienone is 1. The number of piperidine rings is 2. The van der Waals surface area contributed by atoms with Gasteiger partial charge in [0.2, 0.25) is 0 Å². The third-order valence-electron chi connectivity index (χ3n) is 29.6. The normalized spacial score (nSPS) is 20.8. The zero-order valence-corrected chi connectivity index (χ0v) is 75.9. The summed E-state index contributed by atoms with van der Waals surface area (Å²) >= 11 is 0. The van der Waals surface area contributed by atoms with Crippen molar-refractivity contribution < 1.29 is 79.0 Å². The second-order valence-electron chi connectivity index (χ2n) is 37.7. The molecule has 31 nitrogen and oxygen atoms in total. The lowest BCUT2D eigenvalue weighted by Gasteiger charge is -2.40. The number of anilines is 1. The molecule has 0 radical (unpaired) electrons. The third-order valence-corrected chi connectivity index (χ3v) is 35.2. The summed E-state index contributed by atoms with van der Waals surface area (Å²) in [4.78, 5) is 127.